The third kappa shape index (κ3) is 4.89. The van der Waals surface area contributed by atoms with Crippen LogP contribution in [0.4, 0.5) is 0 Å². The lowest BCUT2D eigenvalue weighted by Gasteiger charge is -2.11. The molecule has 0 bridgehead atoms. The first kappa shape index (κ1) is 28.4. The van der Waals surface area contributed by atoms with E-state index in [-0.39, 0.29) is 0 Å². The molecular weight excluding hydrogens is 609 g/mol. The first-order valence-corrected chi connectivity index (χ1v) is 17.0. The highest BCUT2D eigenvalue weighted by molar-refractivity contribution is 6.07. The summed E-state index contributed by atoms with van der Waals surface area (Å²) in [6.07, 6.45) is 0. The van der Waals surface area contributed by atoms with Gasteiger partial charge in [0.1, 0.15) is 22.3 Å². The normalized spacial score (nSPS) is 11.6. The SMILES string of the molecule is c1cc(-c2cccc(-c3cccc(-c4ccc5c(c4)oc4ccccc45)c3)c2)cc(-c2cccc(-c3ccc4c(c3)oc3ccccc34)c2)c1. The number of benzene rings is 8. The van der Waals surface area contributed by atoms with Crippen molar-refractivity contribution in [3.8, 4) is 55.6 Å². The second-order valence-electron chi connectivity index (χ2n) is 12.9. The van der Waals surface area contributed by atoms with Crippen molar-refractivity contribution in [3.63, 3.8) is 0 Å². The second-order valence-corrected chi connectivity index (χ2v) is 12.9. The largest absolute Gasteiger partial charge is 0.456 e. The summed E-state index contributed by atoms with van der Waals surface area (Å²) in [5.41, 5.74) is 15.4. The van der Waals surface area contributed by atoms with E-state index in [4.69, 9.17) is 8.83 Å². The molecule has 0 aliphatic carbocycles. The molecule has 10 aromatic rings. The molecule has 8 aromatic carbocycles. The molecule has 50 heavy (non-hydrogen) atoms. The Morgan fingerprint density at radius 3 is 0.820 bits per heavy atom. The fraction of sp³-hybridized carbons (Fsp3) is 0. The average Bonchev–Trinajstić information content (AvgIpc) is 3.76. The van der Waals surface area contributed by atoms with Crippen LogP contribution in [-0.2, 0) is 0 Å². The van der Waals surface area contributed by atoms with Gasteiger partial charge in [-0.15, -0.1) is 0 Å². The van der Waals surface area contributed by atoms with Crippen molar-refractivity contribution < 1.29 is 8.83 Å². The molecule has 2 aromatic heterocycles. The van der Waals surface area contributed by atoms with Gasteiger partial charge in [0.15, 0.2) is 0 Å². The minimum Gasteiger partial charge on any atom is -0.456 e. The van der Waals surface area contributed by atoms with Crippen LogP contribution in [0.3, 0.4) is 0 Å². The fourth-order valence-electron chi connectivity index (χ4n) is 7.32. The monoisotopic (exact) mass is 638 g/mol. The molecule has 0 radical (unpaired) electrons. The molecule has 0 aliphatic rings. The van der Waals surface area contributed by atoms with Crippen LogP contribution >= 0.6 is 0 Å². The Morgan fingerprint density at radius 1 is 0.200 bits per heavy atom. The van der Waals surface area contributed by atoms with Crippen LogP contribution in [0, 0.1) is 0 Å². The number of furan rings is 2. The topological polar surface area (TPSA) is 26.3 Å². The highest BCUT2D eigenvalue weighted by Crippen LogP contribution is 2.36. The summed E-state index contributed by atoms with van der Waals surface area (Å²) in [7, 11) is 0. The van der Waals surface area contributed by atoms with E-state index in [1.807, 2.05) is 24.3 Å². The summed E-state index contributed by atoms with van der Waals surface area (Å²) in [6.45, 7) is 0. The molecule has 0 amide bonds. The van der Waals surface area contributed by atoms with Crippen LogP contribution in [0.2, 0.25) is 0 Å². The molecule has 0 saturated carbocycles. The van der Waals surface area contributed by atoms with E-state index >= 15 is 0 Å². The van der Waals surface area contributed by atoms with Crippen LogP contribution in [0.1, 0.15) is 0 Å². The van der Waals surface area contributed by atoms with E-state index in [1.54, 1.807) is 0 Å². The molecule has 0 atom stereocenters. The lowest BCUT2D eigenvalue weighted by Crippen LogP contribution is -1.85. The Hall–Kier alpha value is -6.64. The van der Waals surface area contributed by atoms with Gasteiger partial charge in [-0.2, -0.15) is 0 Å². The van der Waals surface area contributed by atoms with Crippen molar-refractivity contribution in [1.29, 1.82) is 0 Å². The van der Waals surface area contributed by atoms with Gasteiger partial charge in [-0.25, -0.2) is 0 Å². The van der Waals surface area contributed by atoms with Crippen LogP contribution < -0.4 is 0 Å². The zero-order chi connectivity index (χ0) is 33.0. The van der Waals surface area contributed by atoms with E-state index in [9.17, 15) is 0 Å². The third-order valence-corrected chi connectivity index (χ3v) is 9.87. The molecule has 0 aliphatic heterocycles. The molecule has 10 rings (SSSR count). The average molecular weight is 639 g/mol. The van der Waals surface area contributed by atoms with E-state index < -0.39 is 0 Å². The predicted octanol–water partition coefficient (Wildman–Crippen LogP) is 13.8. The Balaban J connectivity index is 0.958. The van der Waals surface area contributed by atoms with Gasteiger partial charge >= 0.3 is 0 Å². The lowest BCUT2D eigenvalue weighted by atomic mass is 9.94. The number of hydrogen-bond donors (Lipinski definition) is 0. The van der Waals surface area contributed by atoms with Crippen molar-refractivity contribution in [2.75, 3.05) is 0 Å². The summed E-state index contributed by atoms with van der Waals surface area (Å²) in [4.78, 5) is 0. The van der Waals surface area contributed by atoms with Crippen LogP contribution in [-0.4, -0.2) is 0 Å². The highest BCUT2D eigenvalue weighted by Gasteiger charge is 2.11. The Kier molecular flexibility index (Phi) is 6.53. The van der Waals surface area contributed by atoms with Gasteiger partial charge < -0.3 is 8.83 Å². The molecule has 2 heterocycles. The standard InChI is InChI=1S/C48H30O2/c1-3-19-45-41(17-1)43-23-21-39(29-47(43)49-45)37-15-7-13-35(27-37)33-11-5-9-31(25-33)32-10-6-12-34(26-32)36-14-8-16-38(28-36)40-22-24-44-42-18-2-4-20-46(42)50-48(44)30-40/h1-30H. The van der Waals surface area contributed by atoms with E-state index in [0.29, 0.717) is 0 Å². The van der Waals surface area contributed by atoms with Gasteiger partial charge in [0.2, 0.25) is 0 Å². The second kappa shape index (κ2) is 11.5. The molecule has 0 saturated heterocycles. The number of rotatable bonds is 5. The molecule has 0 fully saturated rings. The van der Waals surface area contributed by atoms with Gasteiger partial charge in [0.05, 0.1) is 0 Å². The minimum absolute atomic E-state index is 0.911. The first-order chi connectivity index (χ1) is 24.7. The number of hydrogen-bond acceptors (Lipinski definition) is 2. The summed E-state index contributed by atoms with van der Waals surface area (Å²) < 4.78 is 12.4. The van der Waals surface area contributed by atoms with E-state index in [0.717, 1.165) is 66.1 Å². The highest BCUT2D eigenvalue weighted by atomic mass is 16.3. The first-order valence-electron chi connectivity index (χ1n) is 17.0. The fourth-order valence-corrected chi connectivity index (χ4v) is 7.32. The van der Waals surface area contributed by atoms with Crippen LogP contribution in [0.25, 0.3) is 99.5 Å². The number of para-hydroxylation sites is 2. The number of fused-ring (bicyclic) bond motifs is 6. The van der Waals surface area contributed by atoms with E-state index in [2.05, 4.69) is 158 Å². The molecule has 0 unspecified atom stereocenters. The van der Waals surface area contributed by atoms with Crippen molar-refractivity contribution >= 4 is 43.9 Å². The summed E-state index contributed by atoms with van der Waals surface area (Å²) >= 11 is 0. The quantitative estimate of drug-likeness (QED) is 0.187. The smallest absolute Gasteiger partial charge is 0.136 e. The molecule has 0 spiro atoms. The van der Waals surface area contributed by atoms with Crippen LogP contribution in [0.5, 0.6) is 0 Å². The zero-order valence-corrected chi connectivity index (χ0v) is 27.1. The maximum absolute atomic E-state index is 6.19. The van der Waals surface area contributed by atoms with Gasteiger partial charge in [-0.3, -0.25) is 0 Å². The Bertz CT molecular complexity index is 2690. The molecule has 234 valence electrons. The van der Waals surface area contributed by atoms with Gasteiger partial charge in [0, 0.05) is 21.5 Å². The predicted molar refractivity (Wildman–Crippen MR) is 208 cm³/mol. The summed E-state index contributed by atoms with van der Waals surface area (Å²) in [5.74, 6) is 0. The summed E-state index contributed by atoms with van der Waals surface area (Å²) in [6, 6.07) is 64.7. The van der Waals surface area contributed by atoms with Crippen molar-refractivity contribution in [2.24, 2.45) is 0 Å². The zero-order valence-electron chi connectivity index (χ0n) is 27.1. The Labute approximate surface area is 289 Å². The maximum Gasteiger partial charge on any atom is 0.136 e. The molecular formula is C48H30O2. The Morgan fingerprint density at radius 2 is 0.480 bits per heavy atom. The van der Waals surface area contributed by atoms with Gasteiger partial charge in [-0.05, 0) is 116 Å². The van der Waals surface area contributed by atoms with Gasteiger partial charge in [0.25, 0.3) is 0 Å². The maximum atomic E-state index is 6.19. The molecule has 2 nitrogen and oxygen atoms in total. The lowest BCUT2D eigenvalue weighted by molar-refractivity contribution is 0.668. The molecule has 0 N–H and O–H groups in total. The van der Waals surface area contributed by atoms with Crippen molar-refractivity contribution in [1.82, 2.24) is 0 Å². The van der Waals surface area contributed by atoms with Gasteiger partial charge in [-0.1, -0.05) is 121 Å². The van der Waals surface area contributed by atoms with Crippen molar-refractivity contribution in [2.45, 2.75) is 0 Å². The van der Waals surface area contributed by atoms with Crippen LogP contribution in [0.15, 0.2) is 191 Å². The molecule has 2 heteroatoms. The minimum atomic E-state index is 0.911. The van der Waals surface area contributed by atoms with E-state index in [1.165, 1.54) is 33.4 Å². The summed E-state index contributed by atoms with van der Waals surface area (Å²) in [5, 5.41) is 4.59. The van der Waals surface area contributed by atoms with Crippen molar-refractivity contribution in [3.05, 3.63) is 182 Å². The third-order valence-electron chi connectivity index (χ3n) is 9.87.